The van der Waals surface area contributed by atoms with Gasteiger partial charge in [0.05, 0.1) is 0 Å². The van der Waals surface area contributed by atoms with E-state index in [0.717, 1.165) is 16.7 Å². The quantitative estimate of drug-likeness (QED) is 0.631. The third-order valence-corrected chi connectivity index (χ3v) is 3.84. The zero-order valence-electron chi connectivity index (χ0n) is 16.6. The topological polar surface area (TPSA) is 73.1 Å². The smallest absolute Gasteiger partial charge is 0.262 e. The summed E-state index contributed by atoms with van der Waals surface area (Å²) in [5.74, 6) is -0.109. The number of nitrogens with zero attached hydrogens (tertiary/aromatic N) is 1. The molecule has 0 aliphatic carbocycles. The zero-order valence-corrected chi connectivity index (χ0v) is 16.6. The normalized spacial score (nSPS) is 12.9. The molecule has 136 valence electrons. The van der Waals surface area contributed by atoms with E-state index in [2.05, 4.69) is 5.32 Å². The third kappa shape index (κ3) is 5.35. The fourth-order valence-electron chi connectivity index (χ4n) is 2.54. The lowest BCUT2D eigenvalue weighted by atomic mass is 9.78. The minimum absolute atomic E-state index is 0.0423. The van der Waals surface area contributed by atoms with Gasteiger partial charge in [-0.1, -0.05) is 41.5 Å². The molecule has 0 saturated heterocycles. The van der Waals surface area contributed by atoms with Crippen molar-refractivity contribution in [2.24, 2.45) is 0 Å². The molecule has 0 aliphatic rings. The molecule has 1 rings (SSSR count). The molecule has 2 N–H and O–H groups in total. The van der Waals surface area contributed by atoms with E-state index in [0.29, 0.717) is 0 Å². The molecule has 1 aromatic carbocycles. The molecule has 25 heavy (non-hydrogen) atoms. The van der Waals surface area contributed by atoms with Gasteiger partial charge in [-0.25, -0.2) is 0 Å². The second-order valence-corrected chi connectivity index (χ2v) is 8.76. The number of benzene rings is 1. The van der Waals surface area contributed by atoms with Crippen molar-refractivity contribution >= 4 is 12.0 Å². The van der Waals surface area contributed by atoms with Crippen LogP contribution in [0.4, 0.5) is 0 Å². The first-order chi connectivity index (χ1) is 11.3. The highest BCUT2D eigenvalue weighted by Gasteiger charge is 2.26. The van der Waals surface area contributed by atoms with Crippen LogP contribution in [-0.2, 0) is 15.6 Å². The molecule has 0 aliphatic heterocycles. The summed E-state index contributed by atoms with van der Waals surface area (Å²) < 4.78 is 0. The first-order valence-electron chi connectivity index (χ1n) is 8.58. The molecule has 0 spiro atoms. The number of rotatable bonds is 3. The second kappa shape index (κ2) is 7.31. The standard InChI is InChI=1S/C21H30N2O2/c1-13(2)23-19(25)15(12-22)9-14-10-16(20(3,4)5)18(24)17(11-14)21(6,7)8/h9-11,13,24H,1-8H3,(H,23,25)/b15-9-. The summed E-state index contributed by atoms with van der Waals surface area (Å²) in [5.41, 5.74) is 1.87. The Morgan fingerprint density at radius 3 is 1.88 bits per heavy atom. The third-order valence-electron chi connectivity index (χ3n) is 3.84. The molecule has 4 heteroatoms. The molecule has 4 nitrogen and oxygen atoms in total. The van der Waals surface area contributed by atoms with E-state index >= 15 is 0 Å². The summed E-state index contributed by atoms with van der Waals surface area (Å²) >= 11 is 0. The lowest BCUT2D eigenvalue weighted by molar-refractivity contribution is -0.117. The molecular formula is C21H30N2O2. The van der Waals surface area contributed by atoms with Crippen LogP contribution in [0, 0.1) is 11.3 Å². The summed E-state index contributed by atoms with van der Waals surface area (Å²) in [6.45, 7) is 15.9. The average molecular weight is 342 g/mol. The van der Waals surface area contributed by atoms with Crippen molar-refractivity contribution in [2.75, 3.05) is 0 Å². The van der Waals surface area contributed by atoms with E-state index in [1.807, 2.05) is 73.6 Å². The van der Waals surface area contributed by atoms with Gasteiger partial charge in [-0.3, -0.25) is 4.79 Å². The number of phenolic OH excluding ortho intramolecular Hbond substituents is 1. The average Bonchev–Trinajstić information content (AvgIpc) is 2.42. The Bertz CT molecular complexity index is 689. The maximum absolute atomic E-state index is 12.2. The van der Waals surface area contributed by atoms with E-state index in [1.54, 1.807) is 6.08 Å². The van der Waals surface area contributed by atoms with E-state index in [-0.39, 0.29) is 34.1 Å². The molecule has 0 saturated carbocycles. The van der Waals surface area contributed by atoms with Gasteiger partial charge < -0.3 is 10.4 Å². The summed E-state index contributed by atoms with van der Waals surface area (Å²) in [5, 5.41) is 22.8. The van der Waals surface area contributed by atoms with Gasteiger partial charge in [-0.05, 0) is 48.4 Å². The summed E-state index contributed by atoms with van der Waals surface area (Å²) in [6.07, 6.45) is 1.58. The number of phenols is 1. The summed E-state index contributed by atoms with van der Waals surface area (Å²) in [4.78, 5) is 12.2. The van der Waals surface area contributed by atoms with Gasteiger partial charge in [0.15, 0.2) is 0 Å². The van der Waals surface area contributed by atoms with Crippen LogP contribution in [0.2, 0.25) is 0 Å². The van der Waals surface area contributed by atoms with Gasteiger partial charge in [0, 0.05) is 17.2 Å². The molecular weight excluding hydrogens is 312 g/mol. The fourth-order valence-corrected chi connectivity index (χ4v) is 2.54. The molecule has 0 aromatic heterocycles. The predicted octanol–water partition coefficient (Wildman–Crippen LogP) is 4.42. The molecule has 0 radical (unpaired) electrons. The number of nitriles is 1. The Labute approximate surface area is 151 Å². The van der Waals surface area contributed by atoms with E-state index in [9.17, 15) is 15.2 Å². The molecule has 0 bridgehead atoms. The van der Waals surface area contributed by atoms with Crippen LogP contribution >= 0.6 is 0 Å². The zero-order chi connectivity index (χ0) is 19.6. The minimum atomic E-state index is -0.389. The molecule has 1 amide bonds. The van der Waals surface area contributed by atoms with Crippen LogP contribution in [0.15, 0.2) is 17.7 Å². The van der Waals surface area contributed by atoms with Crippen LogP contribution in [0.25, 0.3) is 6.08 Å². The Kier molecular flexibility index (Phi) is 6.07. The number of hydrogen-bond donors (Lipinski definition) is 2. The van der Waals surface area contributed by atoms with Crippen molar-refractivity contribution in [1.29, 1.82) is 5.26 Å². The lowest BCUT2D eigenvalue weighted by Gasteiger charge is -2.28. The molecule has 0 unspecified atom stereocenters. The number of carbonyl (C=O) groups excluding carboxylic acids is 1. The Hall–Kier alpha value is -2.28. The van der Waals surface area contributed by atoms with Crippen molar-refractivity contribution in [3.8, 4) is 11.8 Å². The van der Waals surface area contributed by atoms with Crippen LogP contribution in [-0.4, -0.2) is 17.1 Å². The van der Waals surface area contributed by atoms with Gasteiger partial charge in [-0.2, -0.15) is 5.26 Å². The van der Waals surface area contributed by atoms with Crippen LogP contribution in [0.1, 0.15) is 72.1 Å². The van der Waals surface area contributed by atoms with E-state index in [1.165, 1.54) is 0 Å². The maximum atomic E-state index is 12.2. The van der Waals surface area contributed by atoms with Crippen molar-refractivity contribution in [2.45, 2.75) is 72.3 Å². The number of hydrogen-bond acceptors (Lipinski definition) is 3. The van der Waals surface area contributed by atoms with E-state index < -0.39 is 0 Å². The molecule has 0 fully saturated rings. The number of aromatic hydroxyl groups is 1. The van der Waals surface area contributed by atoms with Crippen LogP contribution in [0.5, 0.6) is 5.75 Å². The Balaban J connectivity index is 3.58. The number of amides is 1. The van der Waals surface area contributed by atoms with Crippen molar-refractivity contribution in [3.05, 3.63) is 34.4 Å². The number of carbonyl (C=O) groups is 1. The number of nitrogens with one attached hydrogen (secondary N) is 1. The molecule has 0 heterocycles. The van der Waals surface area contributed by atoms with Crippen LogP contribution in [0.3, 0.4) is 0 Å². The fraction of sp³-hybridized carbons (Fsp3) is 0.524. The predicted molar refractivity (Wildman–Crippen MR) is 102 cm³/mol. The monoisotopic (exact) mass is 342 g/mol. The van der Waals surface area contributed by atoms with Gasteiger partial charge in [0.1, 0.15) is 17.4 Å². The van der Waals surface area contributed by atoms with Gasteiger partial charge in [0.2, 0.25) is 0 Å². The highest BCUT2D eigenvalue weighted by molar-refractivity contribution is 6.01. The van der Waals surface area contributed by atoms with Gasteiger partial charge in [-0.15, -0.1) is 0 Å². The lowest BCUT2D eigenvalue weighted by Crippen LogP contribution is -2.30. The summed E-state index contributed by atoms with van der Waals surface area (Å²) in [7, 11) is 0. The Morgan fingerprint density at radius 1 is 1.12 bits per heavy atom. The first kappa shape index (κ1) is 20.8. The highest BCUT2D eigenvalue weighted by Crippen LogP contribution is 2.40. The minimum Gasteiger partial charge on any atom is -0.507 e. The van der Waals surface area contributed by atoms with E-state index in [4.69, 9.17) is 0 Å². The van der Waals surface area contributed by atoms with Crippen molar-refractivity contribution in [3.63, 3.8) is 0 Å². The van der Waals surface area contributed by atoms with Crippen molar-refractivity contribution < 1.29 is 9.90 Å². The van der Waals surface area contributed by atoms with Gasteiger partial charge in [0.25, 0.3) is 5.91 Å². The maximum Gasteiger partial charge on any atom is 0.262 e. The summed E-state index contributed by atoms with van der Waals surface area (Å²) in [6, 6.07) is 5.63. The molecule has 0 atom stereocenters. The van der Waals surface area contributed by atoms with Crippen molar-refractivity contribution in [1.82, 2.24) is 5.32 Å². The Morgan fingerprint density at radius 2 is 1.56 bits per heavy atom. The van der Waals surface area contributed by atoms with Crippen LogP contribution < -0.4 is 5.32 Å². The highest BCUT2D eigenvalue weighted by atomic mass is 16.3. The second-order valence-electron chi connectivity index (χ2n) is 8.76. The first-order valence-corrected chi connectivity index (χ1v) is 8.58. The SMILES string of the molecule is CC(C)NC(=O)/C(C#N)=C\c1cc(C(C)(C)C)c(O)c(C(C)(C)C)c1. The largest absolute Gasteiger partial charge is 0.507 e. The molecule has 1 aromatic rings. The van der Waals surface area contributed by atoms with Gasteiger partial charge >= 0.3 is 0 Å².